The van der Waals surface area contributed by atoms with E-state index in [2.05, 4.69) is 28.9 Å². The number of ether oxygens (including phenoxy) is 1. The van der Waals surface area contributed by atoms with Crippen molar-refractivity contribution in [1.82, 2.24) is 15.0 Å². The summed E-state index contributed by atoms with van der Waals surface area (Å²) in [6.45, 7) is 12.5. The van der Waals surface area contributed by atoms with Gasteiger partial charge in [-0.3, -0.25) is 4.90 Å². The van der Waals surface area contributed by atoms with Gasteiger partial charge in [-0.2, -0.15) is 0 Å². The van der Waals surface area contributed by atoms with Crippen molar-refractivity contribution in [3.63, 3.8) is 0 Å². The highest BCUT2D eigenvalue weighted by molar-refractivity contribution is 6.30. The molecule has 0 bridgehead atoms. The van der Waals surface area contributed by atoms with Crippen molar-refractivity contribution in [3.8, 4) is 0 Å². The first kappa shape index (κ1) is 22.0. The van der Waals surface area contributed by atoms with Crippen LogP contribution in [0, 0.1) is 12.3 Å². The summed E-state index contributed by atoms with van der Waals surface area (Å²) in [5, 5.41) is 5.01. The van der Waals surface area contributed by atoms with Gasteiger partial charge in [0.25, 0.3) is 0 Å². The van der Waals surface area contributed by atoms with Crippen molar-refractivity contribution in [2.45, 2.75) is 46.4 Å². The van der Waals surface area contributed by atoms with Gasteiger partial charge in [-0.25, -0.2) is 4.79 Å². The van der Waals surface area contributed by atoms with E-state index in [1.807, 2.05) is 45.0 Å². The molecule has 2 fully saturated rings. The molecule has 3 heterocycles. The van der Waals surface area contributed by atoms with Gasteiger partial charge in [0.2, 0.25) is 0 Å². The van der Waals surface area contributed by atoms with E-state index in [-0.39, 0.29) is 11.5 Å². The van der Waals surface area contributed by atoms with Crippen LogP contribution >= 0.6 is 11.6 Å². The topological polar surface area (TPSA) is 62.0 Å². The van der Waals surface area contributed by atoms with E-state index in [1.54, 1.807) is 4.90 Å². The second-order valence-electron chi connectivity index (χ2n) is 10.1. The van der Waals surface area contributed by atoms with Gasteiger partial charge in [0, 0.05) is 49.2 Å². The molecular weight excluding hydrogens is 416 g/mol. The third-order valence-electron chi connectivity index (χ3n) is 5.80. The third-order valence-corrected chi connectivity index (χ3v) is 6.04. The molecule has 8 heteroatoms. The van der Waals surface area contributed by atoms with Crippen LogP contribution in [0.1, 0.15) is 37.7 Å². The lowest BCUT2D eigenvalue weighted by atomic mass is 9.73. The molecule has 2 aliphatic heterocycles. The average Bonchev–Trinajstić information content (AvgIpc) is 3.02. The highest BCUT2D eigenvalue weighted by Gasteiger charge is 2.54. The van der Waals surface area contributed by atoms with Gasteiger partial charge >= 0.3 is 6.09 Å². The zero-order valence-corrected chi connectivity index (χ0v) is 19.7. The third kappa shape index (κ3) is 4.99. The number of amides is 1. The Labute approximate surface area is 188 Å². The summed E-state index contributed by atoms with van der Waals surface area (Å²) in [5.74, 6) is 1.70. The van der Waals surface area contributed by atoms with Crippen molar-refractivity contribution in [2.75, 3.05) is 38.1 Å². The molecule has 0 saturated carbocycles. The quantitative estimate of drug-likeness (QED) is 0.681. The molecule has 4 rings (SSSR count). The van der Waals surface area contributed by atoms with Gasteiger partial charge in [0.05, 0.1) is 6.54 Å². The van der Waals surface area contributed by atoms with E-state index < -0.39 is 5.60 Å². The van der Waals surface area contributed by atoms with Gasteiger partial charge in [0.15, 0.2) is 11.6 Å². The zero-order valence-electron chi connectivity index (χ0n) is 18.9. The summed E-state index contributed by atoms with van der Waals surface area (Å²) >= 11 is 6.13. The lowest BCUT2D eigenvalue weighted by Gasteiger charge is -2.59. The Morgan fingerprint density at radius 1 is 1.23 bits per heavy atom. The summed E-state index contributed by atoms with van der Waals surface area (Å²) in [6, 6.07) is 7.98. The maximum atomic E-state index is 12.1. The van der Waals surface area contributed by atoms with Crippen molar-refractivity contribution in [3.05, 3.63) is 46.2 Å². The summed E-state index contributed by atoms with van der Waals surface area (Å²) in [4.78, 5) is 18.3. The molecule has 0 radical (unpaired) electrons. The minimum absolute atomic E-state index is 0.164. The highest BCUT2D eigenvalue weighted by atomic mass is 35.5. The van der Waals surface area contributed by atoms with Crippen LogP contribution in [0.4, 0.5) is 10.6 Å². The van der Waals surface area contributed by atoms with Crippen molar-refractivity contribution in [1.29, 1.82) is 0 Å². The predicted octanol–water partition coefficient (Wildman–Crippen LogP) is 4.33. The summed E-state index contributed by atoms with van der Waals surface area (Å²) in [5.41, 5.74) is 2.14. The molecule has 2 aromatic rings. The smallest absolute Gasteiger partial charge is 0.410 e. The number of benzene rings is 1. The van der Waals surface area contributed by atoms with E-state index in [4.69, 9.17) is 20.9 Å². The number of likely N-dealkylation sites (tertiary alicyclic amines) is 1. The van der Waals surface area contributed by atoms with Gasteiger partial charge in [-0.1, -0.05) is 22.8 Å². The number of carbonyl (C=O) groups is 1. The number of carbonyl (C=O) groups excluding carboxylic acids is 1. The van der Waals surface area contributed by atoms with Crippen LogP contribution in [-0.2, 0) is 17.8 Å². The first-order valence-corrected chi connectivity index (χ1v) is 11.0. The monoisotopic (exact) mass is 446 g/mol. The van der Waals surface area contributed by atoms with Gasteiger partial charge < -0.3 is 19.1 Å². The number of anilines is 1. The molecule has 1 aromatic heterocycles. The van der Waals surface area contributed by atoms with E-state index in [9.17, 15) is 4.79 Å². The first-order chi connectivity index (χ1) is 14.5. The molecule has 0 atom stereocenters. The fraction of sp³-hybridized carbons (Fsp3) is 0.565. The minimum atomic E-state index is -0.457. The fourth-order valence-electron chi connectivity index (χ4n) is 4.29. The van der Waals surface area contributed by atoms with E-state index in [1.165, 1.54) is 11.1 Å². The Hall–Kier alpha value is -2.25. The molecule has 2 saturated heterocycles. The van der Waals surface area contributed by atoms with Crippen LogP contribution in [0.25, 0.3) is 0 Å². The van der Waals surface area contributed by atoms with Crippen LogP contribution in [0.2, 0.25) is 5.02 Å². The van der Waals surface area contributed by atoms with Crippen molar-refractivity contribution in [2.24, 2.45) is 5.41 Å². The van der Waals surface area contributed by atoms with Crippen LogP contribution in [-0.4, -0.2) is 59.9 Å². The molecule has 0 N–H and O–H groups in total. The Morgan fingerprint density at radius 2 is 1.94 bits per heavy atom. The van der Waals surface area contributed by atoms with E-state index in [0.29, 0.717) is 6.54 Å². The molecule has 168 valence electrons. The molecule has 1 aromatic carbocycles. The number of rotatable bonds is 5. The second-order valence-corrected chi connectivity index (χ2v) is 10.5. The molecule has 31 heavy (non-hydrogen) atoms. The largest absolute Gasteiger partial charge is 0.444 e. The first-order valence-electron chi connectivity index (χ1n) is 10.6. The zero-order chi connectivity index (χ0) is 22.4. The Balaban J connectivity index is 1.25. The van der Waals surface area contributed by atoms with Crippen LogP contribution < -0.4 is 4.90 Å². The Morgan fingerprint density at radius 3 is 2.61 bits per heavy atom. The van der Waals surface area contributed by atoms with Crippen LogP contribution in [0.3, 0.4) is 0 Å². The van der Waals surface area contributed by atoms with Crippen LogP contribution in [0.15, 0.2) is 28.8 Å². The molecule has 0 unspecified atom stereocenters. The Bertz CT molecular complexity index is 954. The number of hydrogen-bond acceptors (Lipinski definition) is 6. The molecule has 2 aliphatic rings. The number of halogens is 1. The molecule has 1 amide bonds. The van der Waals surface area contributed by atoms with Crippen molar-refractivity contribution >= 4 is 23.5 Å². The van der Waals surface area contributed by atoms with Crippen LogP contribution in [0.5, 0.6) is 0 Å². The van der Waals surface area contributed by atoms with Gasteiger partial charge in [-0.05, 0) is 58.0 Å². The van der Waals surface area contributed by atoms with E-state index in [0.717, 1.165) is 49.3 Å². The highest BCUT2D eigenvalue weighted by Crippen LogP contribution is 2.42. The molecule has 0 aliphatic carbocycles. The van der Waals surface area contributed by atoms with Gasteiger partial charge in [0.1, 0.15) is 5.60 Å². The minimum Gasteiger partial charge on any atom is -0.444 e. The number of aromatic nitrogens is 1. The fourth-order valence-corrected chi connectivity index (χ4v) is 4.49. The normalized spacial score (nSPS) is 17.6. The average molecular weight is 447 g/mol. The summed E-state index contributed by atoms with van der Waals surface area (Å²) in [6.07, 6.45) is -0.224. The van der Waals surface area contributed by atoms with E-state index >= 15 is 0 Å². The maximum absolute atomic E-state index is 12.1. The summed E-state index contributed by atoms with van der Waals surface area (Å²) in [7, 11) is 2.06. The molecule has 7 nitrogen and oxygen atoms in total. The van der Waals surface area contributed by atoms with Gasteiger partial charge in [-0.15, -0.1) is 0 Å². The SMILES string of the molecule is Cc1ccc(Cl)cc1CN(C)Cc1cc(N2CC3(CN(C(=O)OC(C)(C)C)C3)C2)no1. The summed E-state index contributed by atoms with van der Waals surface area (Å²) < 4.78 is 11.0. The Kier molecular flexibility index (Phi) is 5.68. The molecular formula is C23H31ClN4O3. The number of nitrogens with zero attached hydrogens (tertiary/aromatic N) is 4. The lowest BCUT2D eigenvalue weighted by molar-refractivity contribution is -0.0455. The number of hydrogen-bond donors (Lipinski definition) is 0. The predicted molar refractivity (Wildman–Crippen MR) is 120 cm³/mol. The number of aryl methyl sites for hydroxylation is 1. The second kappa shape index (κ2) is 8.02. The lowest BCUT2D eigenvalue weighted by Crippen LogP contribution is -2.73. The standard InChI is InChI=1S/C23H31ClN4O3/c1-16-6-7-18(24)8-17(16)10-26(5)11-19-9-20(25-31-19)27-12-23(13-27)14-28(15-23)21(29)30-22(2,3)4/h6-9H,10-15H2,1-5H3. The molecule has 1 spiro atoms. The van der Waals surface area contributed by atoms with Crippen molar-refractivity contribution < 1.29 is 14.1 Å². The maximum Gasteiger partial charge on any atom is 0.410 e.